The molecule has 1 aromatic heterocycles. The predicted molar refractivity (Wildman–Crippen MR) is 105 cm³/mol. The predicted octanol–water partition coefficient (Wildman–Crippen LogP) is 1.94. The molecule has 2 fully saturated rings. The summed E-state index contributed by atoms with van der Waals surface area (Å²) in [5, 5.41) is 12.7. The van der Waals surface area contributed by atoms with Gasteiger partial charge in [-0.3, -0.25) is 4.79 Å². The number of carbonyl (C=O) groups is 1. The lowest BCUT2D eigenvalue weighted by atomic mass is 10.1. The van der Waals surface area contributed by atoms with E-state index in [0.29, 0.717) is 24.5 Å². The Labute approximate surface area is 162 Å². The highest BCUT2D eigenvalue weighted by Gasteiger charge is 2.25. The summed E-state index contributed by atoms with van der Waals surface area (Å²) in [5.74, 6) is 0.660. The first-order valence-corrected chi connectivity index (χ1v) is 10.4. The Morgan fingerprint density at radius 3 is 2.56 bits per heavy atom. The normalized spacial score (nSPS) is 21.4. The van der Waals surface area contributed by atoms with E-state index in [4.69, 9.17) is 4.74 Å². The fraction of sp³-hybridized carbons (Fsp3) is 0.714. The van der Waals surface area contributed by atoms with Gasteiger partial charge in [-0.1, -0.05) is 6.42 Å². The maximum Gasteiger partial charge on any atom is 0.280 e. The Morgan fingerprint density at radius 2 is 1.93 bits per heavy atom. The van der Waals surface area contributed by atoms with Crippen LogP contribution in [0.5, 0.6) is 0 Å². The molecule has 0 saturated carbocycles. The summed E-state index contributed by atoms with van der Waals surface area (Å²) in [5.41, 5.74) is 2.57. The van der Waals surface area contributed by atoms with Crippen LogP contribution in [0.2, 0.25) is 0 Å². The van der Waals surface area contributed by atoms with Crippen molar-refractivity contribution in [2.24, 2.45) is 0 Å². The Balaban J connectivity index is 1.72. The number of rotatable bonds is 5. The van der Waals surface area contributed by atoms with Gasteiger partial charge in [-0.2, -0.15) is 5.26 Å². The molecule has 27 heavy (non-hydrogen) atoms. The highest BCUT2D eigenvalue weighted by molar-refractivity contribution is 5.92. The molecule has 3 rings (SSSR count). The average molecular weight is 374 g/mol. The fourth-order valence-electron chi connectivity index (χ4n) is 4.34. The van der Waals surface area contributed by atoms with Gasteiger partial charge in [0.15, 0.2) is 6.54 Å². The van der Waals surface area contributed by atoms with Gasteiger partial charge in [-0.25, -0.2) is 0 Å². The van der Waals surface area contributed by atoms with Crippen LogP contribution in [-0.2, 0) is 16.1 Å². The first-order valence-electron chi connectivity index (χ1n) is 10.4. The number of anilines is 1. The van der Waals surface area contributed by atoms with Gasteiger partial charge in [0.1, 0.15) is 11.9 Å². The molecule has 1 aromatic rings. The second-order valence-electron chi connectivity index (χ2n) is 8.03. The zero-order valence-electron chi connectivity index (χ0n) is 16.8. The maximum atomic E-state index is 12.8. The minimum atomic E-state index is 0.00756. The van der Waals surface area contributed by atoms with Gasteiger partial charge in [0.2, 0.25) is 0 Å². The van der Waals surface area contributed by atoms with E-state index < -0.39 is 0 Å². The van der Waals surface area contributed by atoms with Gasteiger partial charge in [-0.15, -0.1) is 0 Å². The summed E-state index contributed by atoms with van der Waals surface area (Å²) in [6, 6.07) is 2.29. The zero-order chi connectivity index (χ0) is 19.2. The van der Waals surface area contributed by atoms with Crippen LogP contribution in [0.15, 0.2) is 0 Å². The largest absolute Gasteiger partial charge is 0.376 e. The Bertz CT molecular complexity index is 690. The number of nitriles is 1. The van der Waals surface area contributed by atoms with E-state index in [0.717, 1.165) is 43.8 Å². The van der Waals surface area contributed by atoms with E-state index in [2.05, 4.69) is 16.0 Å². The molecule has 0 radical (unpaired) electrons. The molecule has 6 nitrogen and oxygen atoms in total. The van der Waals surface area contributed by atoms with Gasteiger partial charge in [0, 0.05) is 12.3 Å². The van der Waals surface area contributed by atoms with E-state index in [9.17, 15) is 10.1 Å². The van der Waals surface area contributed by atoms with Crippen LogP contribution in [0.3, 0.4) is 0 Å². The summed E-state index contributed by atoms with van der Waals surface area (Å²) < 4.78 is 7.86. The van der Waals surface area contributed by atoms with Crippen molar-refractivity contribution in [2.75, 3.05) is 31.6 Å². The molecular formula is C21H33N4O2+. The Kier molecular flexibility index (Phi) is 6.92. The molecule has 0 bridgehead atoms. The van der Waals surface area contributed by atoms with E-state index in [1.54, 1.807) is 0 Å². The van der Waals surface area contributed by atoms with Crippen molar-refractivity contribution in [2.45, 2.75) is 71.4 Å². The van der Waals surface area contributed by atoms with Crippen LogP contribution in [-0.4, -0.2) is 42.8 Å². The smallest absolute Gasteiger partial charge is 0.280 e. The third-order valence-corrected chi connectivity index (χ3v) is 6.08. The minimum absolute atomic E-state index is 0.00756. The summed E-state index contributed by atoms with van der Waals surface area (Å²) in [6.07, 6.45) is 8.52. The number of quaternary nitrogens is 1. The molecule has 2 saturated heterocycles. The van der Waals surface area contributed by atoms with Crippen molar-refractivity contribution < 1.29 is 14.4 Å². The molecule has 2 aliphatic rings. The summed E-state index contributed by atoms with van der Waals surface area (Å²) in [6.45, 7) is 8.08. The lowest BCUT2D eigenvalue weighted by Gasteiger charge is -2.22. The van der Waals surface area contributed by atoms with Gasteiger partial charge in [-0.05, 0) is 57.9 Å². The van der Waals surface area contributed by atoms with Gasteiger partial charge >= 0.3 is 0 Å². The molecule has 0 aliphatic carbocycles. The Hall–Kier alpha value is -1.84. The van der Waals surface area contributed by atoms with Crippen LogP contribution in [0.1, 0.15) is 61.8 Å². The van der Waals surface area contributed by atoms with Crippen LogP contribution < -0.4 is 10.2 Å². The van der Waals surface area contributed by atoms with E-state index in [1.807, 2.05) is 13.8 Å². The minimum Gasteiger partial charge on any atom is -0.376 e. The van der Waals surface area contributed by atoms with E-state index >= 15 is 0 Å². The number of nitrogens with zero attached hydrogens (tertiary/aromatic N) is 2. The number of amides is 1. The molecule has 148 valence electrons. The molecule has 1 atom stereocenters. The van der Waals surface area contributed by atoms with Gasteiger partial charge < -0.3 is 19.5 Å². The summed E-state index contributed by atoms with van der Waals surface area (Å²) in [4.78, 5) is 14.1. The second kappa shape index (κ2) is 9.38. The number of hydrogen-bond donors (Lipinski definition) is 2. The third-order valence-electron chi connectivity index (χ3n) is 6.08. The number of ether oxygens (including phenoxy) is 1. The summed E-state index contributed by atoms with van der Waals surface area (Å²) in [7, 11) is 0. The van der Waals surface area contributed by atoms with Crippen LogP contribution in [0.4, 0.5) is 5.82 Å². The van der Waals surface area contributed by atoms with Crippen molar-refractivity contribution >= 4 is 11.7 Å². The highest BCUT2D eigenvalue weighted by atomic mass is 16.5. The third kappa shape index (κ3) is 4.91. The lowest BCUT2D eigenvalue weighted by molar-refractivity contribution is -0.892. The molecule has 6 heteroatoms. The summed E-state index contributed by atoms with van der Waals surface area (Å²) >= 11 is 0. The van der Waals surface area contributed by atoms with Crippen molar-refractivity contribution in [3.8, 4) is 6.07 Å². The number of aromatic nitrogens is 1. The molecule has 1 amide bonds. The molecule has 2 N–H and O–H groups in total. The number of likely N-dealkylation sites (tertiary alicyclic amines) is 1. The lowest BCUT2D eigenvalue weighted by Crippen LogP contribution is -3.13. The topological polar surface area (TPSA) is 71.5 Å². The quantitative estimate of drug-likeness (QED) is 0.829. The number of carbonyl (C=O) groups excluding carboxylic acids is 1. The molecular weight excluding hydrogens is 340 g/mol. The zero-order valence-corrected chi connectivity index (χ0v) is 16.8. The fourth-order valence-corrected chi connectivity index (χ4v) is 4.34. The number of nitrogens with one attached hydrogen (secondary N) is 2. The first-order chi connectivity index (χ1) is 13.1. The first kappa shape index (κ1) is 19.9. The van der Waals surface area contributed by atoms with E-state index in [-0.39, 0.29) is 12.0 Å². The molecule has 0 aromatic carbocycles. The highest BCUT2D eigenvalue weighted by Crippen LogP contribution is 2.28. The molecule has 3 heterocycles. The van der Waals surface area contributed by atoms with Crippen molar-refractivity contribution in [1.82, 2.24) is 4.57 Å². The van der Waals surface area contributed by atoms with Crippen molar-refractivity contribution in [3.63, 3.8) is 0 Å². The molecule has 0 spiro atoms. The van der Waals surface area contributed by atoms with Crippen molar-refractivity contribution in [1.29, 1.82) is 5.26 Å². The van der Waals surface area contributed by atoms with Crippen LogP contribution >= 0.6 is 0 Å². The van der Waals surface area contributed by atoms with Gasteiger partial charge in [0.25, 0.3) is 5.91 Å². The monoisotopic (exact) mass is 373 g/mol. The van der Waals surface area contributed by atoms with Crippen LogP contribution in [0.25, 0.3) is 0 Å². The molecule has 0 unspecified atom stereocenters. The van der Waals surface area contributed by atoms with E-state index in [1.165, 1.54) is 37.0 Å². The average Bonchev–Trinajstić information content (AvgIpc) is 3.20. The second-order valence-corrected chi connectivity index (χ2v) is 8.03. The molecule has 2 aliphatic heterocycles. The standard InChI is InChI=1S/C21H32N4O2/c1-16-17(2)25(14-18-9-8-12-27-18)21(19(16)13-22)23-20(26)15-24-10-6-4-3-5-7-11-24/h18H,3-12,14-15H2,1-2H3,(H,23,26)/p+1/t18-/m0/s1. The van der Waals surface area contributed by atoms with Gasteiger partial charge in [0.05, 0.1) is 31.3 Å². The number of hydrogen-bond acceptors (Lipinski definition) is 3. The maximum absolute atomic E-state index is 12.8. The Morgan fingerprint density at radius 1 is 1.22 bits per heavy atom. The SMILES string of the molecule is Cc1c(C#N)c(NC(=O)C[NH+]2CCCCCCC2)n(C[C@@H]2CCCO2)c1C. The van der Waals surface area contributed by atoms with Crippen LogP contribution in [0, 0.1) is 25.2 Å². The van der Waals surface area contributed by atoms with Crippen molar-refractivity contribution in [3.05, 3.63) is 16.8 Å².